The van der Waals surface area contributed by atoms with E-state index in [1.54, 1.807) is 18.3 Å². The van der Waals surface area contributed by atoms with Crippen LogP contribution in [-0.2, 0) is 6.18 Å². The number of rotatable bonds is 8. The van der Waals surface area contributed by atoms with Gasteiger partial charge in [0.1, 0.15) is 11.5 Å². The lowest BCUT2D eigenvalue weighted by Crippen LogP contribution is -2.27. The van der Waals surface area contributed by atoms with Crippen LogP contribution in [0.2, 0.25) is 0 Å². The zero-order chi connectivity index (χ0) is 34.4. The summed E-state index contributed by atoms with van der Waals surface area (Å²) in [6.07, 6.45) is 7.08. The van der Waals surface area contributed by atoms with E-state index in [-0.39, 0.29) is 23.7 Å². The highest BCUT2D eigenvalue weighted by Crippen LogP contribution is 2.40. The van der Waals surface area contributed by atoms with E-state index in [0.29, 0.717) is 35.1 Å². The van der Waals surface area contributed by atoms with E-state index < -0.39 is 11.7 Å². The molecule has 252 valence electrons. The highest BCUT2D eigenvalue weighted by Gasteiger charge is 2.31. The fourth-order valence-corrected chi connectivity index (χ4v) is 6.88. The number of dihydropyridines is 1. The molecule has 1 unspecified atom stereocenters. The van der Waals surface area contributed by atoms with Gasteiger partial charge in [0.25, 0.3) is 0 Å². The maximum absolute atomic E-state index is 13.4. The predicted molar refractivity (Wildman–Crippen MR) is 187 cm³/mol. The lowest BCUT2D eigenvalue weighted by atomic mass is 9.80. The normalized spacial score (nSPS) is 19.0. The molecule has 0 bridgehead atoms. The predicted octanol–water partition coefficient (Wildman–Crippen LogP) is 10.0. The lowest BCUT2D eigenvalue weighted by molar-refractivity contribution is -0.137. The fraction of sp³-hybridized carbons (Fsp3) is 0.225. The Morgan fingerprint density at radius 1 is 0.980 bits per heavy atom. The molecule has 8 rings (SSSR count). The van der Waals surface area contributed by atoms with Crippen LogP contribution < -0.4 is 15.4 Å². The monoisotopic (exact) mass is 673 g/mol. The van der Waals surface area contributed by atoms with Gasteiger partial charge in [0.2, 0.25) is 5.95 Å². The molecule has 5 aromatic rings. The Labute approximate surface area is 287 Å². The molecule has 7 nitrogen and oxygen atoms in total. The van der Waals surface area contributed by atoms with Gasteiger partial charge in [-0.25, -0.2) is 4.98 Å². The van der Waals surface area contributed by atoms with Gasteiger partial charge in [-0.15, -0.1) is 0 Å². The number of anilines is 2. The number of alkyl halides is 3. The molecular formula is C40H34F3N5O2. The lowest BCUT2D eigenvalue weighted by Gasteiger charge is -2.30. The van der Waals surface area contributed by atoms with Crippen LogP contribution in [0.15, 0.2) is 121 Å². The number of halogens is 3. The Morgan fingerprint density at radius 2 is 1.80 bits per heavy atom. The minimum atomic E-state index is -4.44. The van der Waals surface area contributed by atoms with E-state index in [9.17, 15) is 18.0 Å². The Morgan fingerprint density at radius 3 is 2.58 bits per heavy atom. The Bertz CT molecular complexity index is 2200. The number of hydrogen-bond donors (Lipinski definition) is 2. The van der Waals surface area contributed by atoms with Crippen LogP contribution in [0.5, 0.6) is 11.5 Å². The Hall–Kier alpha value is -5.64. The van der Waals surface area contributed by atoms with Gasteiger partial charge in [0.05, 0.1) is 28.0 Å². The van der Waals surface area contributed by atoms with Crippen molar-refractivity contribution in [2.45, 2.75) is 44.8 Å². The summed E-state index contributed by atoms with van der Waals surface area (Å²) < 4.78 is 48.5. The molecule has 50 heavy (non-hydrogen) atoms. The van der Waals surface area contributed by atoms with Crippen molar-refractivity contribution in [3.05, 3.63) is 137 Å². The number of aromatic nitrogens is 3. The number of ether oxygens (including phenoxy) is 1. The summed E-state index contributed by atoms with van der Waals surface area (Å²) in [4.78, 5) is 22.5. The van der Waals surface area contributed by atoms with Crippen molar-refractivity contribution in [2.75, 3.05) is 5.32 Å². The summed E-state index contributed by atoms with van der Waals surface area (Å²) >= 11 is 0. The minimum Gasteiger partial charge on any atom is -0.457 e. The van der Waals surface area contributed by atoms with Gasteiger partial charge in [-0.3, -0.25) is 9.78 Å². The SMILES string of the molecule is C[C@@H]1C=C(c2cc(Oc3ccc4c(c3)nc(Nc3cccc(C(F)(F)F)c3)n4C3CCC3)ccn2)NC2=C1CC(C(=O)c1ccccc1)C=C2. The van der Waals surface area contributed by atoms with E-state index in [4.69, 9.17) is 9.72 Å². The molecule has 0 amide bonds. The third kappa shape index (κ3) is 6.17. The summed E-state index contributed by atoms with van der Waals surface area (Å²) in [5.74, 6) is 1.70. The summed E-state index contributed by atoms with van der Waals surface area (Å²) in [5, 5.41) is 6.66. The maximum atomic E-state index is 13.4. The zero-order valence-corrected chi connectivity index (χ0v) is 27.2. The van der Waals surface area contributed by atoms with Crippen molar-refractivity contribution in [3.8, 4) is 11.5 Å². The molecule has 2 N–H and O–H groups in total. The van der Waals surface area contributed by atoms with Crippen molar-refractivity contribution < 1.29 is 22.7 Å². The molecule has 0 saturated heterocycles. The number of nitrogens with one attached hydrogen (secondary N) is 2. The van der Waals surface area contributed by atoms with E-state index in [1.807, 2.05) is 66.7 Å². The van der Waals surface area contributed by atoms with Gasteiger partial charge in [0.15, 0.2) is 5.78 Å². The number of ketones is 1. The van der Waals surface area contributed by atoms with Gasteiger partial charge in [-0.1, -0.05) is 55.5 Å². The number of Topliss-reactive ketones (excluding diaryl/α,β-unsaturated/α-hetero) is 1. The second-order valence-electron chi connectivity index (χ2n) is 13.1. The second kappa shape index (κ2) is 12.7. The van der Waals surface area contributed by atoms with Crippen molar-refractivity contribution >= 4 is 34.1 Å². The smallest absolute Gasteiger partial charge is 0.416 e. The molecule has 1 fully saturated rings. The van der Waals surface area contributed by atoms with E-state index in [2.05, 4.69) is 33.2 Å². The third-order valence-electron chi connectivity index (χ3n) is 9.70. The van der Waals surface area contributed by atoms with Crippen LogP contribution in [0.25, 0.3) is 16.7 Å². The van der Waals surface area contributed by atoms with Gasteiger partial charge in [0, 0.05) is 47.2 Å². The molecule has 0 radical (unpaired) electrons. The van der Waals surface area contributed by atoms with Crippen LogP contribution in [-0.4, -0.2) is 20.3 Å². The molecule has 10 heteroatoms. The Kier molecular flexibility index (Phi) is 8.01. The highest BCUT2D eigenvalue weighted by atomic mass is 19.4. The van der Waals surface area contributed by atoms with Crippen molar-refractivity contribution in [2.24, 2.45) is 11.8 Å². The molecule has 2 aromatic heterocycles. The standard InChI is InChI=1S/C40H34F3N5O2/c1-24-19-35(46-33-15-13-26(20-32(24)33)38(49)25-7-3-2-4-8-25)34-22-31(17-18-44-34)50-30-14-16-37-36(23-30)47-39(48(37)29-11-6-12-29)45-28-10-5-9-27(21-28)40(41,42)43/h2-5,7-10,13-19,21-24,26,29,46H,6,11-12,20H2,1H3,(H,45,47)/t24-,26?/m1/s1. The van der Waals surface area contributed by atoms with Crippen molar-refractivity contribution in [1.29, 1.82) is 0 Å². The number of carbonyl (C=O) groups excluding carboxylic acids is 1. The van der Waals surface area contributed by atoms with Gasteiger partial charge < -0.3 is 19.9 Å². The van der Waals surface area contributed by atoms with Crippen LogP contribution in [0.3, 0.4) is 0 Å². The molecule has 1 saturated carbocycles. The first-order valence-electron chi connectivity index (χ1n) is 16.8. The van der Waals surface area contributed by atoms with E-state index in [1.165, 1.54) is 11.6 Å². The number of imidazole rings is 1. The van der Waals surface area contributed by atoms with E-state index in [0.717, 1.165) is 59.6 Å². The second-order valence-corrected chi connectivity index (χ2v) is 13.1. The van der Waals surface area contributed by atoms with Gasteiger partial charge in [-0.05, 0) is 79.6 Å². The first-order chi connectivity index (χ1) is 24.2. The largest absolute Gasteiger partial charge is 0.457 e. The van der Waals surface area contributed by atoms with Gasteiger partial charge in [-0.2, -0.15) is 13.2 Å². The number of allylic oxidation sites excluding steroid dienone is 4. The molecule has 1 aliphatic heterocycles. The third-order valence-corrected chi connectivity index (χ3v) is 9.70. The van der Waals surface area contributed by atoms with Gasteiger partial charge >= 0.3 is 6.18 Å². The first-order valence-corrected chi connectivity index (χ1v) is 16.8. The molecule has 0 spiro atoms. The van der Waals surface area contributed by atoms with Crippen LogP contribution >= 0.6 is 0 Å². The number of fused-ring (bicyclic) bond motifs is 1. The number of hydrogen-bond acceptors (Lipinski definition) is 6. The number of benzene rings is 3. The van der Waals surface area contributed by atoms with Crippen molar-refractivity contribution in [3.63, 3.8) is 0 Å². The molecule has 3 aliphatic rings. The topological polar surface area (TPSA) is 81.1 Å². The Balaban J connectivity index is 1.00. The molecule has 2 aliphatic carbocycles. The number of nitrogens with zero attached hydrogens (tertiary/aromatic N) is 3. The quantitative estimate of drug-likeness (QED) is 0.160. The van der Waals surface area contributed by atoms with Crippen molar-refractivity contribution in [1.82, 2.24) is 19.9 Å². The molecular weight excluding hydrogens is 639 g/mol. The maximum Gasteiger partial charge on any atom is 0.416 e. The summed E-state index contributed by atoms with van der Waals surface area (Å²) in [7, 11) is 0. The van der Waals surface area contributed by atoms with Crippen LogP contribution in [0.1, 0.15) is 60.3 Å². The average molecular weight is 674 g/mol. The highest BCUT2D eigenvalue weighted by molar-refractivity contribution is 5.99. The summed E-state index contributed by atoms with van der Waals surface area (Å²) in [5.41, 5.74) is 5.65. The summed E-state index contributed by atoms with van der Waals surface area (Å²) in [6.45, 7) is 2.13. The number of pyridine rings is 1. The molecule has 2 atom stereocenters. The zero-order valence-electron chi connectivity index (χ0n) is 27.2. The molecule has 3 heterocycles. The van der Waals surface area contributed by atoms with E-state index >= 15 is 0 Å². The number of carbonyl (C=O) groups is 1. The fourth-order valence-electron chi connectivity index (χ4n) is 6.88. The first kappa shape index (κ1) is 31.6. The summed E-state index contributed by atoms with van der Waals surface area (Å²) in [6, 6.07) is 24.1. The molecule has 3 aromatic carbocycles. The van der Waals surface area contributed by atoms with Crippen LogP contribution in [0.4, 0.5) is 24.8 Å². The minimum absolute atomic E-state index is 0.107. The average Bonchev–Trinajstić information content (AvgIpc) is 3.43. The van der Waals surface area contributed by atoms with Crippen LogP contribution in [0, 0.1) is 11.8 Å².